The molecule has 0 N–H and O–H groups in total. The van der Waals surface area contributed by atoms with E-state index in [1.54, 1.807) is 6.92 Å². The lowest BCUT2D eigenvalue weighted by Gasteiger charge is -2.33. The molecular formula is C26H27N3O4. The van der Waals surface area contributed by atoms with Crippen LogP contribution in [0.15, 0.2) is 60.7 Å². The van der Waals surface area contributed by atoms with E-state index in [0.29, 0.717) is 35.7 Å². The number of methoxy groups -OCH3 is 1. The van der Waals surface area contributed by atoms with E-state index in [1.165, 1.54) is 7.11 Å². The molecule has 0 saturated carbocycles. The number of piperidine rings is 1. The van der Waals surface area contributed by atoms with Crippen molar-refractivity contribution in [3.63, 3.8) is 0 Å². The van der Waals surface area contributed by atoms with E-state index in [1.807, 2.05) is 65.6 Å². The van der Waals surface area contributed by atoms with Gasteiger partial charge in [-0.25, -0.2) is 4.79 Å². The number of carbonyl (C=O) groups is 2. The van der Waals surface area contributed by atoms with E-state index in [9.17, 15) is 9.59 Å². The molecular weight excluding hydrogens is 418 g/mol. The first-order chi connectivity index (χ1) is 16.1. The van der Waals surface area contributed by atoms with E-state index in [2.05, 4.69) is 10.2 Å². The van der Waals surface area contributed by atoms with Gasteiger partial charge in [-0.1, -0.05) is 60.7 Å². The summed E-state index contributed by atoms with van der Waals surface area (Å²) >= 11 is 0. The standard InChI is InChI=1S/C26H27N3O4/c1-3-33-26(31)22-21(18-11-6-4-7-12-18)23(19-13-8-5-9-14-19)27-28-24(22)29-16-10-15-20(17-29)25(30)32-2/h4-9,11-14,20H,3,10,15-17H2,1-2H3. The van der Waals surface area contributed by atoms with Gasteiger partial charge in [0.05, 0.1) is 19.6 Å². The first-order valence-corrected chi connectivity index (χ1v) is 11.2. The molecule has 7 nitrogen and oxygen atoms in total. The Morgan fingerprint density at radius 1 is 1.00 bits per heavy atom. The lowest BCUT2D eigenvalue weighted by Crippen LogP contribution is -2.40. The summed E-state index contributed by atoms with van der Waals surface area (Å²) in [7, 11) is 1.40. The molecule has 1 aliphatic heterocycles. The Kier molecular flexibility index (Phi) is 6.98. The number of aromatic nitrogens is 2. The number of benzene rings is 2. The van der Waals surface area contributed by atoms with Crippen LogP contribution in [0.4, 0.5) is 5.82 Å². The van der Waals surface area contributed by atoms with Gasteiger partial charge in [0, 0.05) is 24.2 Å². The molecule has 0 aliphatic carbocycles. The average Bonchev–Trinajstić information content (AvgIpc) is 2.88. The number of hydrogen-bond acceptors (Lipinski definition) is 7. The van der Waals surface area contributed by atoms with Crippen molar-refractivity contribution in [1.82, 2.24) is 10.2 Å². The zero-order valence-electron chi connectivity index (χ0n) is 18.9. The Morgan fingerprint density at radius 2 is 1.67 bits per heavy atom. The zero-order chi connectivity index (χ0) is 23.2. The molecule has 0 amide bonds. The minimum absolute atomic E-state index is 0.236. The minimum Gasteiger partial charge on any atom is -0.469 e. The van der Waals surface area contributed by atoms with Crippen molar-refractivity contribution in [3.05, 3.63) is 66.2 Å². The molecule has 0 spiro atoms. The van der Waals surface area contributed by atoms with Crippen LogP contribution >= 0.6 is 0 Å². The second kappa shape index (κ2) is 10.3. The summed E-state index contributed by atoms with van der Waals surface area (Å²) in [6, 6.07) is 19.3. The third kappa shape index (κ3) is 4.72. The Hall–Kier alpha value is -3.74. The molecule has 0 bridgehead atoms. The number of esters is 2. The molecule has 2 aromatic carbocycles. The van der Waals surface area contributed by atoms with Crippen LogP contribution in [0.1, 0.15) is 30.1 Å². The largest absolute Gasteiger partial charge is 0.469 e. The van der Waals surface area contributed by atoms with Gasteiger partial charge in [-0.05, 0) is 25.3 Å². The molecule has 3 aromatic rings. The highest BCUT2D eigenvalue weighted by Crippen LogP contribution is 2.38. The minimum atomic E-state index is -0.460. The van der Waals surface area contributed by atoms with Crippen LogP contribution in [-0.2, 0) is 14.3 Å². The van der Waals surface area contributed by atoms with E-state index in [-0.39, 0.29) is 18.5 Å². The molecule has 4 rings (SSSR count). The highest BCUT2D eigenvalue weighted by molar-refractivity contribution is 6.05. The van der Waals surface area contributed by atoms with E-state index < -0.39 is 5.97 Å². The smallest absolute Gasteiger partial charge is 0.342 e. The number of hydrogen-bond donors (Lipinski definition) is 0. The van der Waals surface area contributed by atoms with E-state index in [0.717, 1.165) is 24.0 Å². The normalized spacial score (nSPS) is 15.7. The molecule has 2 heterocycles. The van der Waals surface area contributed by atoms with Gasteiger partial charge in [-0.15, -0.1) is 10.2 Å². The molecule has 33 heavy (non-hydrogen) atoms. The lowest BCUT2D eigenvalue weighted by molar-refractivity contribution is -0.145. The molecule has 1 aromatic heterocycles. The lowest BCUT2D eigenvalue weighted by atomic mass is 9.93. The molecule has 0 radical (unpaired) electrons. The Bertz CT molecular complexity index is 1120. The molecule has 1 aliphatic rings. The summed E-state index contributed by atoms with van der Waals surface area (Å²) in [5, 5.41) is 9.09. The summed E-state index contributed by atoms with van der Waals surface area (Å²) in [5.74, 6) is -0.566. The summed E-state index contributed by atoms with van der Waals surface area (Å²) in [5.41, 5.74) is 3.34. The van der Waals surface area contributed by atoms with Crippen LogP contribution in [0.2, 0.25) is 0 Å². The van der Waals surface area contributed by atoms with Gasteiger partial charge in [0.25, 0.3) is 0 Å². The maximum atomic E-state index is 13.3. The molecule has 7 heteroatoms. The Labute approximate surface area is 193 Å². The van der Waals surface area contributed by atoms with Gasteiger partial charge >= 0.3 is 11.9 Å². The van der Waals surface area contributed by atoms with Crippen LogP contribution < -0.4 is 4.90 Å². The summed E-state index contributed by atoms with van der Waals surface area (Å²) in [6.07, 6.45) is 1.52. The topological polar surface area (TPSA) is 81.6 Å². The summed E-state index contributed by atoms with van der Waals surface area (Å²) < 4.78 is 10.4. The van der Waals surface area contributed by atoms with Gasteiger partial charge < -0.3 is 14.4 Å². The second-order valence-electron chi connectivity index (χ2n) is 7.88. The van der Waals surface area contributed by atoms with Crippen LogP contribution in [-0.4, -0.2) is 48.9 Å². The fourth-order valence-corrected chi connectivity index (χ4v) is 4.26. The van der Waals surface area contributed by atoms with Crippen molar-refractivity contribution in [3.8, 4) is 22.4 Å². The predicted octanol–water partition coefficient (Wildman–Crippen LogP) is 4.38. The van der Waals surface area contributed by atoms with Crippen molar-refractivity contribution in [2.75, 3.05) is 31.7 Å². The highest BCUT2D eigenvalue weighted by Gasteiger charge is 2.33. The van der Waals surface area contributed by atoms with Gasteiger partial charge in [-0.3, -0.25) is 4.79 Å². The zero-order valence-corrected chi connectivity index (χ0v) is 18.9. The fourth-order valence-electron chi connectivity index (χ4n) is 4.26. The van der Waals surface area contributed by atoms with Crippen molar-refractivity contribution >= 4 is 17.8 Å². The number of anilines is 1. The average molecular weight is 446 g/mol. The monoisotopic (exact) mass is 445 g/mol. The SMILES string of the molecule is CCOC(=O)c1c(N2CCCC(C(=O)OC)C2)nnc(-c2ccccc2)c1-c1ccccc1. The maximum Gasteiger partial charge on any atom is 0.342 e. The Balaban J connectivity index is 1.93. The number of carbonyl (C=O) groups excluding carboxylic acids is 2. The molecule has 1 atom stereocenters. The van der Waals surface area contributed by atoms with Crippen molar-refractivity contribution < 1.29 is 19.1 Å². The predicted molar refractivity (Wildman–Crippen MR) is 126 cm³/mol. The maximum absolute atomic E-state index is 13.3. The quantitative estimate of drug-likeness (QED) is 0.521. The van der Waals surface area contributed by atoms with Gasteiger partial charge in [0.1, 0.15) is 11.3 Å². The Morgan fingerprint density at radius 3 is 2.30 bits per heavy atom. The first-order valence-electron chi connectivity index (χ1n) is 11.2. The molecule has 170 valence electrons. The van der Waals surface area contributed by atoms with Crippen LogP contribution in [0.25, 0.3) is 22.4 Å². The van der Waals surface area contributed by atoms with Crippen LogP contribution in [0, 0.1) is 5.92 Å². The van der Waals surface area contributed by atoms with Gasteiger partial charge in [0.15, 0.2) is 5.82 Å². The second-order valence-corrected chi connectivity index (χ2v) is 7.88. The van der Waals surface area contributed by atoms with E-state index >= 15 is 0 Å². The van der Waals surface area contributed by atoms with Crippen molar-refractivity contribution in [2.24, 2.45) is 5.92 Å². The molecule has 1 saturated heterocycles. The number of nitrogens with zero attached hydrogens (tertiary/aromatic N) is 3. The molecule has 1 fully saturated rings. The third-order valence-corrected chi connectivity index (χ3v) is 5.80. The number of rotatable bonds is 6. The number of ether oxygens (including phenoxy) is 2. The fraction of sp³-hybridized carbons (Fsp3) is 0.308. The first kappa shape index (κ1) is 22.5. The van der Waals surface area contributed by atoms with Gasteiger partial charge in [0.2, 0.25) is 0 Å². The van der Waals surface area contributed by atoms with Gasteiger partial charge in [-0.2, -0.15) is 0 Å². The van der Waals surface area contributed by atoms with Crippen molar-refractivity contribution in [1.29, 1.82) is 0 Å². The van der Waals surface area contributed by atoms with Crippen molar-refractivity contribution in [2.45, 2.75) is 19.8 Å². The summed E-state index contributed by atoms with van der Waals surface area (Å²) in [4.78, 5) is 27.5. The highest BCUT2D eigenvalue weighted by atomic mass is 16.5. The summed E-state index contributed by atoms with van der Waals surface area (Å²) in [6.45, 7) is 3.08. The third-order valence-electron chi connectivity index (χ3n) is 5.80. The van der Waals surface area contributed by atoms with E-state index in [4.69, 9.17) is 9.47 Å². The molecule has 1 unspecified atom stereocenters. The van der Waals surface area contributed by atoms with Crippen LogP contribution in [0.3, 0.4) is 0 Å². The van der Waals surface area contributed by atoms with Crippen LogP contribution in [0.5, 0.6) is 0 Å².